The fraction of sp³-hybridized carbons (Fsp3) is 0.182. The highest BCUT2D eigenvalue weighted by molar-refractivity contribution is 6.28. The first kappa shape index (κ1) is 12.5. The molecule has 2 N–H and O–H groups in total. The van der Waals surface area contributed by atoms with Gasteiger partial charge in [-0.25, -0.2) is 4.39 Å². The van der Waals surface area contributed by atoms with E-state index < -0.39 is 0 Å². The largest absolute Gasteiger partial charge is 0.368 e. The van der Waals surface area contributed by atoms with Gasteiger partial charge in [0, 0.05) is 13.6 Å². The number of halogens is 2. The molecule has 1 heterocycles. The van der Waals surface area contributed by atoms with Gasteiger partial charge in [-0.05, 0) is 29.3 Å². The molecular formula is C11H11ClFN5. The summed E-state index contributed by atoms with van der Waals surface area (Å²) in [5.74, 6) is 0.168. The zero-order valence-corrected chi connectivity index (χ0v) is 10.4. The van der Waals surface area contributed by atoms with Crippen molar-refractivity contribution in [3.05, 3.63) is 40.9 Å². The van der Waals surface area contributed by atoms with Gasteiger partial charge in [-0.1, -0.05) is 12.1 Å². The summed E-state index contributed by atoms with van der Waals surface area (Å²) in [6, 6.07) is 6.19. The topological polar surface area (TPSA) is 67.9 Å². The average Bonchev–Trinajstić information content (AvgIpc) is 2.31. The number of nitrogen functional groups attached to an aromatic ring is 1. The van der Waals surface area contributed by atoms with Crippen molar-refractivity contribution in [1.29, 1.82) is 0 Å². The molecule has 0 fully saturated rings. The van der Waals surface area contributed by atoms with Gasteiger partial charge in [0.1, 0.15) is 5.82 Å². The summed E-state index contributed by atoms with van der Waals surface area (Å²) in [6.45, 7) is 0.514. The Labute approximate surface area is 108 Å². The number of benzene rings is 1. The normalized spacial score (nSPS) is 10.4. The van der Waals surface area contributed by atoms with Crippen LogP contribution in [0.4, 0.5) is 16.3 Å². The third-order valence-corrected chi connectivity index (χ3v) is 2.46. The molecule has 5 nitrogen and oxygen atoms in total. The van der Waals surface area contributed by atoms with Gasteiger partial charge in [-0.15, -0.1) is 0 Å². The maximum atomic E-state index is 12.8. The highest BCUT2D eigenvalue weighted by Crippen LogP contribution is 2.13. The minimum Gasteiger partial charge on any atom is -0.368 e. The second kappa shape index (κ2) is 5.14. The molecule has 0 radical (unpaired) electrons. The monoisotopic (exact) mass is 267 g/mol. The lowest BCUT2D eigenvalue weighted by Crippen LogP contribution is -2.20. The highest BCUT2D eigenvalue weighted by atomic mass is 35.5. The lowest BCUT2D eigenvalue weighted by atomic mass is 10.2. The van der Waals surface area contributed by atoms with E-state index in [0.29, 0.717) is 12.5 Å². The van der Waals surface area contributed by atoms with E-state index >= 15 is 0 Å². The second-order valence-corrected chi connectivity index (χ2v) is 4.08. The Morgan fingerprint density at radius 2 is 1.89 bits per heavy atom. The highest BCUT2D eigenvalue weighted by Gasteiger charge is 2.08. The van der Waals surface area contributed by atoms with Crippen molar-refractivity contribution in [3.8, 4) is 0 Å². The summed E-state index contributed by atoms with van der Waals surface area (Å²) >= 11 is 5.70. The van der Waals surface area contributed by atoms with Gasteiger partial charge in [-0.2, -0.15) is 15.0 Å². The van der Waals surface area contributed by atoms with Crippen molar-refractivity contribution in [2.24, 2.45) is 0 Å². The number of rotatable bonds is 3. The SMILES string of the molecule is CN(Cc1ccc(F)cc1)c1nc(N)nc(Cl)n1. The second-order valence-electron chi connectivity index (χ2n) is 3.75. The maximum absolute atomic E-state index is 12.8. The first-order chi connectivity index (χ1) is 8.54. The molecule has 0 aliphatic rings. The quantitative estimate of drug-likeness (QED) is 0.920. The Morgan fingerprint density at radius 3 is 2.50 bits per heavy atom. The predicted octanol–water partition coefficient (Wildman–Crippen LogP) is 1.88. The molecule has 2 aromatic rings. The minimum atomic E-state index is -0.270. The molecule has 0 saturated heterocycles. The van der Waals surface area contributed by atoms with Crippen molar-refractivity contribution < 1.29 is 4.39 Å². The van der Waals surface area contributed by atoms with E-state index in [1.807, 2.05) is 0 Å². The first-order valence-electron chi connectivity index (χ1n) is 5.17. The molecule has 1 aromatic carbocycles. The standard InChI is InChI=1S/C11H11ClFN5/c1-18(6-7-2-4-8(13)5-3-7)11-16-9(12)15-10(14)17-11/h2-5H,6H2,1H3,(H2,14,15,16,17). The van der Waals surface area contributed by atoms with E-state index in [9.17, 15) is 4.39 Å². The molecule has 0 amide bonds. The number of hydrogen-bond acceptors (Lipinski definition) is 5. The fourth-order valence-corrected chi connectivity index (χ4v) is 1.62. The van der Waals surface area contributed by atoms with E-state index in [1.54, 1.807) is 24.1 Å². The van der Waals surface area contributed by atoms with Crippen LogP contribution in [0.5, 0.6) is 0 Å². The molecular weight excluding hydrogens is 257 g/mol. The molecule has 0 bridgehead atoms. The zero-order valence-electron chi connectivity index (χ0n) is 9.64. The Morgan fingerprint density at radius 1 is 1.22 bits per heavy atom. The van der Waals surface area contributed by atoms with E-state index in [0.717, 1.165) is 5.56 Å². The van der Waals surface area contributed by atoms with Gasteiger partial charge < -0.3 is 10.6 Å². The zero-order chi connectivity index (χ0) is 13.1. The Bertz CT molecular complexity index is 525. The summed E-state index contributed by atoms with van der Waals surface area (Å²) in [6.07, 6.45) is 0. The van der Waals surface area contributed by atoms with E-state index in [2.05, 4.69) is 15.0 Å². The van der Waals surface area contributed by atoms with E-state index in [1.165, 1.54) is 12.1 Å². The lowest BCUT2D eigenvalue weighted by molar-refractivity contribution is 0.627. The molecule has 94 valence electrons. The van der Waals surface area contributed by atoms with Crippen LogP contribution in [0.1, 0.15) is 5.56 Å². The van der Waals surface area contributed by atoms with Crippen LogP contribution in [0.3, 0.4) is 0 Å². The summed E-state index contributed by atoms with van der Waals surface area (Å²) < 4.78 is 12.8. The Kier molecular flexibility index (Phi) is 3.57. The lowest BCUT2D eigenvalue weighted by Gasteiger charge is -2.17. The van der Waals surface area contributed by atoms with Crippen molar-refractivity contribution in [2.75, 3.05) is 17.7 Å². The van der Waals surface area contributed by atoms with Crippen molar-refractivity contribution in [1.82, 2.24) is 15.0 Å². The smallest absolute Gasteiger partial charge is 0.231 e. The third kappa shape index (κ3) is 3.04. The molecule has 0 unspecified atom stereocenters. The molecule has 0 spiro atoms. The van der Waals surface area contributed by atoms with Crippen LogP contribution in [0.15, 0.2) is 24.3 Å². The van der Waals surface area contributed by atoms with Crippen LogP contribution < -0.4 is 10.6 Å². The third-order valence-electron chi connectivity index (χ3n) is 2.29. The van der Waals surface area contributed by atoms with Crippen LogP contribution in [0, 0.1) is 5.82 Å². The summed E-state index contributed by atoms with van der Waals surface area (Å²) in [4.78, 5) is 13.4. The van der Waals surface area contributed by atoms with Crippen LogP contribution in [0.25, 0.3) is 0 Å². The number of aromatic nitrogens is 3. The molecule has 0 atom stereocenters. The molecule has 18 heavy (non-hydrogen) atoms. The van der Waals surface area contributed by atoms with Crippen molar-refractivity contribution in [3.63, 3.8) is 0 Å². The summed E-state index contributed by atoms with van der Waals surface area (Å²) in [5.41, 5.74) is 6.41. The molecule has 0 aliphatic carbocycles. The van der Waals surface area contributed by atoms with Crippen LogP contribution in [0.2, 0.25) is 5.28 Å². The summed E-state index contributed by atoms with van der Waals surface area (Å²) in [5, 5.41) is 0.0449. The van der Waals surface area contributed by atoms with Gasteiger partial charge in [0.2, 0.25) is 17.2 Å². The molecule has 7 heteroatoms. The Balaban J connectivity index is 2.16. The van der Waals surface area contributed by atoms with Crippen LogP contribution in [-0.2, 0) is 6.54 Å². The number of nitrogens with zero attached hydrogens (tertiary/aromatic N) is 4. The van der Waals surface area contributed by atoms with Crippen molar-refractivity contribution in [2.45, 2.75) is 6.54 Å². The fourth-order valence-electron chi connectivity index (χ4n) is 1.46. The van der Waals surface area contributed by atoms with Gasteiger partial charge >= 0.3 is 0 Å². The van der Waals surface area contributed by atoms with Crippen molar-refractivity contribution >= 4 is 23.5 Å². The predicted molar refractivity (Wildman–Crippen MR) is 67.8 cm³/mol. The number of anilines is 2. The van der Waals surface area contributed by atoms with Gasteiger partial charge in [0.15, 0.2) is 0 Å². The van der Waals surface area contributed by atoms with E-state index in [-0.39, 0.29) is 17.0 Å². The van der Waals surface area contributed by atoms with E-state index in [4.69, 9.17) is 17.3 Å². The minimum absolute atomic E-state index is 0.0449. The van der Waals surface area contributed by atoms with Gasteiger partial charge in [0.05, 0.1) is 0 Å². The number of nitrogens with two attached hydrogens (primary N) is 1. The van der Waals surface area contributed by atoms with Crippen LogP contribution in [-0.4, -0.2) is 22.0 Å². The first-order valence-corrected chi connectivity index (χ1v) is 5.55. The van der Waals surface area contributed by atoms with Crippen LogP contribution >= 0.6 is 11.6 Å². The summed E-state index contributed by atoms with van der Waals surface area (Å²) in [7, 11) is 1.79. The maximum Gasteiger partial charge on any atom is 0.231 e. The Hall–Kier alpha value is -1.95. The number of hydrogen-bond donors (Lipinski definition) is 1. The average molecular weight is 268 g/mol. The van der Waals surface area contributed by atoms with Gasteiger partial charge in [0.25, 0.3) is 0 Å². The molecule has 0 aliphatic heterocycles. The molecule has 2 rings (SSSR count). The van der Waals surface area contributed by atoms with Gasteiger partial charge in [-0.3, -0.25) is 0 Å². The molecule has 1 aromatic heterocycles. The molecule has 0 saturated carbocycles.